The molecule has 1 heterocycles. The van der Waals surface area contributed by atoms with E-state index < -0.39 is 0 Å². The van der Waals surface area contributed by atoms with Gasteiger partial charge in [0.25, 0.3) is 0 Å². The monoisotopic (exact) mass is 231 g/mol. The first-order valence-corrected chi connectivity index (χ1v) is 5.67. The molecule has 17 heavy (non-hydrogen) atoms. The number of nitrogens with two attached hydrogens (primary N) is 1. The van der Waals surface area contributed by atoms with Gasteiger partial charge in [-0.05, 0) is 32.0 Å². The van der Waals surface area contributed by atoms with E-state index in [1.54, 1.807) is 6.20 Å². The first-order valence-electron chi connectivity index (χ1n) is 5.67. The lowest BCUT2D eigenvalue weighted by Gasteiger charge is -2.12. The summed E-state index contributed by atoms with van der Waals surface area (Å²) in [5, 5.41) is 4.26. The van der Waals surface area contributed by atoms with Crippen molar-refractivity contribution in [1.29, 1.82) is 0 Å². The molecule has 0 fully saturated rings. The molecular weight excluding hydrogens is 214 g/mol. The Labute approximate surface area is 101 Å². The molecule has 0 aliphatic rings. The Morgan fingerprint density at radius 3 is 2.88 bits per heavy atom. The van der Waals surface area contributed by atoms with Crippen LogP contribution in [-0.2, 0) is 6.61 Å². The summed E-state index contributed by atoms with van der Waals surface area (Å²) in [6.07, 6.45) is 1.79. The maximum Gasteiger partial charge on any atom is 0.130 e. The fourth-order valence-electron chi connectivity index (χ4n) is 1.68. The van der Waals surface area contributed by atoms with Gasteiger partial charge in [0.2, 0.25) is 0 Å². The van der Waals surface area contributed by atoms with E-state index in [0.717, 1.165) is 11.4 Å². The molecule has 0 amide bonds. The van der Waals surface area contributed by atoms with Gasteiger partial charge < -0.3 is 10.5 Å². The van der Waals surface area contributed by atoms with Crippen LogP contribution in [0.1, 0.15) is 25.6 Å². The topological polar surface area (TPSA) is 53.1 Å². The van der Waals surface area contributed by atoms with Crippen molar-refractivity contribution >= 4 is 5.69 Å². The van der Waals surface area contributed by atoms with Gasteiger partial charge in [-0.15, -0.1) is 0 Å². The van der Waals surface area contributed by atoms with E-state index in [1.807, 2.05) is 35.0 Å². The molecule has 0 spiro atoms. The smallest absolute Gasteiger partial charge is 0.130 e. The van der Waals surface area contributed by atoms with E-state index in [-0.39, 0.29) is 0 Å². The average Bonchev–Trinajstić information content (AvgIpc) is 2.74. The van der Waals surface area contributed by atoms with Crippen LogP contribution in [0.25, 0.3) is 0 Å². The number of benzene rings is 1. The highest BCUT2D eigenvalue weighted by Crippen LogP contribution is 2.17. The zero-order valence-corrected chi connectivity index (χ0v) is 10.1. The number of nitrogens with zero attached hydrogens (tertiary/aromatic N) is 2. The van der Waals surface area contributed by atoms with Gasteiger partial charge in [-0.25, -0.2) is 0 Å². The lowest BCUT2D eigenvalue weighted by Crippen LogP contribution is -2.09. The SMILES string of the molecule is CC(C)n1nccc1COc1cccc(N)c1. The van der Waals surface area contributed by atoms with Crippen molar-refractivity contribution in [2.45, 2.75) is 26.5 Å². The Morgan fingerprint density at radius 2 is 2.18 bits per heavy atom. The molecule has 2 aromatic rings. The van der Waals surface area contributed by atoms with E-state index in [1.165, 1.54) is 0 Å². The largest absolute Gasteiger partial charge is 0.487 e. The Morgan fingerprint density at radius 1 is 1.35 bits per heavy atom. The summed E-state index contributed by atoms with van der Waals surface area (Å²) in [5.74, 6) is 0.779. The summed E-state index contributed by atoms with van der Waals surface area (Å²) in [4.78, 5) is 0. The van der Waals surface area contributed by atoms with Crippen LogP contribution in [-0.4, -0.2) is 9.78 Å². The predicted octanol–water partition coefficient (Wildman–Crippen LogP) is 2.63. The first-order chi connectivity index (χ1) is 8.16. The van der Waals surface area contributed by atoms with Crippen LogP contribution in [0.2, 0.25) is 0 Å². The Balaban J connectivity index is 2.05. The highest BCUT2D eigenvalue weighted by Gasteiger charge is 2.06. The molecule has 0 saturated carbocycles. The van der Waals surface area contributed by atoms with Gasteiger partial charge in [-0.3, -0.25) is 4.68 Å². The molecule has 0 saturated heterocycles. The van der Waals surface area contributed by atoms with Gasteiger partial charge in [0.05, 0.1) is 5.69 Å². The van der Waals surface area contributed by atoms with Gasteiger partial charge in [-0.1, -0.05) is 6.07 Å². The summed E-state index contributed by atoms with van der Waals surface area (Å²) in [7, 11) is 0. The van der Waals surface area contributed by atoms with Gasteiger partial charge in [0.1, 0.15) is 12.4 Å². The molecule has 90 valence electrons. The van der Waals surface area contributed by atoms with Crippen molar-refractivity contribution < 1.29 is 4.74 Å². The number of ether oxygens (including phenoxy) is 1. The highest BCUT2D eigenvalue weighted by molar-refractivity contribution is 5.43. The fourth-order valence-corrected chi connectivity index (χ4v) is 1.68. The minimum absolute atomic E-state index is 0.337. The Hall–Kier alpha value is -1.97. The van der Waals surface area contributed by atoms with Crippen LogP contribution in [0.15, 0.2) is 36.5 Å². The molecule has 0 unspecified atom stereocenters. The van der Waals surface area contributed by atoms with Crippen molar-refractivity contribution in [2.24, 2.45) is 0 Å². The van der Waals surface area contributed by atoms with E-state index in [2.05, 4.69) is 18.9 Å². The second-order valence-electron chi connectivity index (χ2n) is 4.22. The highest BCUT2D eigenvalue weighted by atomic mass is 16.5. The quantitative estimate of drug-likeness (QED) is 0.823. The molecule has 4 nitrogen and oxygen atoms in total. The molecule has 0 aliphatic heterocycles. The first kappa shape index (κ1) is 11.5. The molecule has 4 heteroatoms. The van der Waals surface area contributed by atoms with E-state index in [4.69, 9.17) is 10.5 Å². The molecule has 0 atom stereocenters. The standard InChI is InChI=1S/C13H17N3O/c1-10(2)16-12(6-7-15-16)9-17-13-5-3-4-11(14)8-13/h3-8,10H,9,14H2,1-2H3. The molecule has 2 N–H and O–H groups in total. The van der Waals surface area contributed by atoms with Crippen LogP contribution in [0.5, 0.6) is 5.75 Å². The van der Waals surface area contributed by atoms with E-state index in [9.17, 15) is 0 Å². The van der Waals surface area contributed by atoms with Gasteiger partial charge >= 0.3 is 0 Å². The molecule has 1 aromatic heterocycles. The Kier molecular flexibility index (Phi) is 3.32. The maximum atomic E-state index is 5.69. The second-order valence-corrected chi connectivity index (χ2v) is 4.22. The third-order valence-electron chi connectivity index (χ3n) is 2.49. The minimum atomic E-state index is 0.337. The van der Waals surface area contributed by atoms with Crippen molar-refractivity contribution in [1.82, 2.24) is 9.78 Å². The van der Waals surface area contributed by atoms with Crippen LogP contribution in [0.4, 0.5) is 5.69 Å². The van der Waals surface area contributed by atoms with Gasteiger partial charge in [0.15, 0.2) is 0 Å². The maximum absolute atomic E-state index is 5.69. The zero-order valence-electron chi connectivity index (χ0n) is 10.1. The molecule has 0 radical (unpaired) electrons. The minimum Gasteiger partial charge on any atom is -0.487 e. The van der Waals surface area contributed by atoms with E-state index >= 15 is 0 Å². The third kappa shape index (κ3) is 2.78. The van der Waals surface area contributed by atoms with Crippen molar-refractivity contribution in [3.05, 3.63) is 42.2 Å². The summed E-state index contributed by atoms with van der Waals surface area (Å²) in [6.45, 7) is 4.69. The average molecular weight is 231 g/mol. The van der Waals surface area contributed by atoms with Crippen molar-refractivity contribution in [2.75, 3.05) is 5.73 Å². The summed E-state index contributed by atoms with van der Waals surface area (Å²) in [6, 6.07) is 9.73. The number of hydrogen-bond acceptors (Lipinski definition) is 3. The predicted molar refractivity (Wildman–Crippen MR) is 67.8 cm³/mol. The van der Waals surface area contributed by atoms with Crippen LogP contribution in [0, 0.1) is 0 Å². The summed E-state index contributed by atoms with van der Waals surface area (Å²) < 4.78 is 7.63. The molecule has 0 aliphatic carbocycles. The number of rotatable bonds is 4. The number of anilines is 1. The van der Waals surface area contributed by atoms with Crippen LogP contribution in [0.3, 0.4) is 0 Å². The molecule has 1 aromatic carbocycles. The van der Waals surface area contributed by atoms with Crippen molar-refractivity contribution in [3.63, 3.8) is 0 Å². The number of aromatic nitrogens is 2. The number of nitrogen functional groups attached to an aromatic ring is 1. The lowest BCUT2D eigenvalue weighted by atomic mass is 10.3. The Bertz CT molecular complexity index is 491. The number of hydrogen-bond donors (Lipinski definition) is 1. The van der Waals surface area contributed by atoms with Crippen LogP contribution < -0.4 is 10.5 Å². The normalized spacial score (nSPS) is 10.8. The molecule has 2 rings (SSSR count). The molecular formula is C13H17N3O. The van der Waals surface area contributed by atoms with Crippen molar-refractivity contribution in [3.8, 4) is 5.75 Å². The third-order valence-corrected chi connectivity index (χ3v) is 2.49. The lowest BCUT2D eigenvalue weighted by molar-refractivity contribution is 0.288. The second kappa shape index (κ2) is 4.91. The van der Waals surface area contributed by atoms with Gasteiger partial charge in [-0.2, -0.15) is 5.10 Å². The molecule has 0 bridgehead atoms. The van der Waals surface area contributed by atoms with E-state index in [0.29, 0.717) is 18.3 Å². The van der Waals surface area contributed by atoms with Gasteiger partial charge in [0, 0.05) is 24.0 Å². The summed E-state index contributed by atoms with van der Waals surface area (Å²) in [5.41, 5.74) is 7.45. The fraction of sp³-hybridized carbons (Fsp3) is 0.308. The summed E-state index contributed by atoms with van der Waals surface area (Å²) >= 11 is 0. The van der Waals surface area contributed by atoms with Crippen LogP contribution >= 0.6 is 0 Å². The zero-order chi connectivity index (χ0) is 12.3.